The molecule has 4 aromatic rings. The van der Waals surface area contributed by atoms with Crippen molar-refractivity contribution in [2.75, 3.05) is 5.32 Å². The minimum Gasteiger partial charge on any atom is -0.322 e. The number of benzene rings is 1. The van der Waals surface area contributed by atoms with Gasteiger partial charge < -0.3 is 9.88 Å². The Labute approximate surface area is 161 Å². The zero-order valence-corrected chi connectivity index (χ0v) is 15.4. The molecule has 3 aromatic heterocycles. The van der Waals surface area contributed by atoms with Crippen LogP contribution in [0, 0.1) is 0 Å². The maximum atomic E-state index is 12.8. The van der Waals surface area contributed by atoms with E-state index in [0.29, 0.717) is 30.4 Å². The molecule has 140 valence electrons. The van der Waals surface area contributed by atoms with Crippen LogP contribution in [0.5, 0.6) is 0 Å². The van der Waals surface area contributed by atoms with Crippen LogP contribution < -0.4 is 5.32 Å². The van der Waals surface area contributed by atoms with E-state index in [1.165, 1.54) is 0 Å². The molecule has 0 unspecified atom stereocenters. The number of hydrogen-bond acceptors (Lipinski definition) is 5. The molecule has 0 aliphatic carbocycles. The van der Waals surface area contributed by atoms with E-state index in [1.807, 2.05) is 41.8 Å². The summed E-state index contributed by atoms with van der Waals surface area (Å²) in [7, 11) is 0. The highest BCUT2D eigenvalue weighted by atomic mass is 16.2. The summed E-state index contributed by atoms with van der Waals surface area (Å²) in [6.07, 6.45) is 10.7. The molecule has 0 saturated carbocycles. The van der Waals surface area contributed by atoms with Gasteiger partial charge in [-0.15, -0.1) is 0 Å². The van der Waals surface area contributed by atoms with Crippen molar-refractivity contribution in [3.63, 3.8) is 0 Å². The molecular formula is C20H19N7O. The number of rotatable bonds is 6. The van der Waals surface area contributed by atoms with Gasteiger partial charge in [-0.05, 0) is 12.0 Å². The number of nitrogens with one attached hydrogen (secondary N) is 1. The van der Waals surface area contributed by atoms with Crippen LogP contribution in [0.4, 0.5) is 5.69 Å². The Hall–Kier alpha value is -3.81. The van der Waals surface area contributed by atoms with Gasteiger partial charge in [0.05, 0.1) is 17.6 Å². The van der Waals surface area contributed by atoms with E-state index in [0.717, 1.165) is 11.3 Å². The first-order valence-corrected chi connectivity index (χ1v) is 8.95. The van der Waals surface area contributed by atoms with Gasteiger partial charge in [-0.25, -0.2) is 19.9 Å². The molecule has 0 saturated heterocycles. The molecular weight excluding hydrogens is 354 g/mol. The van der Waals surface area contributed by atoms with Gasteiger partial charge in [0, 0.05) is 31.3 Å². The summed E-state index contributed by atoms with van der Waals surface area (Å²) in [6.45, 7) is 2.55. The van der Waals surface area contributed by atoms with Crippen LogP contribution in [0.1, 0.15) is 28.8 Å². The van der Waals surface area contributed by atoms with E-state index in [-0.39, 0.29) is 5.91 Å². The Bertz CT molecular complexity index is 1070. The number of amides is 1. The van der Waals surface area contributed by atoms with Gasteiger partial charge in [0.25, 0.3) is 5.91 Å². The molecule has 28 heavy (non-hydrogen) atoms. The van der Waals surface area contributed by atoms with E-state index in [1.54, 1.807) is 41.9 Å². The molecule has 1 N–H and O–H groups in total. The molecule has 0 aliphatic rings. The molecule has 0 radical (unpaired) electrons. The molecule has 8 heteroatoms. The second kappa shape index (κ2) is 7.83. The van der Waals surface area contributed by atoms with Crippen molar-refractivity contribution < 1.29 is 4.79 Å². The second-order valence-corrected chi connectivity index (χ2v) is 6.17. The largest absolute Gasteiger partial charge is 0.322 e. The number of hydrogen-bond donors (Lipinski definition) is 1. The van der Waals surface area contributed by atoms with Gasteiger partial charge in [0.15, 0.2) is 5.82 Å². The monoisotopic (exact) mass is 373 g/mol. The van der Waals surface area contributed by atoms with E-state index in [2.05, 4.69) is 25.3 Å². The second-order valence-electron chi connectivity index (χ2n) is 6.17. The molecule has 0 bridgehead atoms. The van der Waals surface area contributed by atoms with Gasteiger partial charge in [0.1, 0.15) is 6.33 Å². The molecule has 0 aliphatic heterocycles. The van der Waals surface area contributed by atoms with Crippen molar-refractivity contribution in [3.05, 3.63) is 84.7 Å². The SMILES string of the molecule is CCc1nc(-n2ccnc2)ncc1NC(=O)c1nccn1Cc1ccccc1. The normalized spacial score (nSPS) is 10.8. The first-order valence-electron chi connectivity index (χ1n) is 8.95. The fraction of sp³-hybridized carbons (Fsp3) is 0.150. The van der Waals surface area contributed by atoms with Crippen molar-refractivity contribution in [3.8, 4) is 5.95 Å². The Morgan fingerprint density at radius 3 is 2.71 bits per heavy atom. The number of carbonyl (C=O) groups excluding carboxylic acids is 1. The number of carbonyl (C=O) groups is 1. The number of anilines is 1. The topological polar surface area (TPSA) is 90.5 Å². The lowest BCUT2D eigenvalue weighted by Gasteiger charge is -2.11. The predicted molar refractivity (Wildman–Crippen MR) is 104 cm³/mol. The van der Waals surface area contributed by atoms with Crippen molar-refractivity contribution in [2.45, 2.75) is 19.9 Å². The molecule has 4 rings (SSSR count). The van der Waals surface area contributed by atoms with E-state index in [4.69, 9.17) is 0 Å². The fourth-order valence-corrected chi connectivity index (χ4v) is 2.89. The standard InChI is InChI=1S/C20H19N7O/c1-2-16-17(12-23-20(25-16)27-10-8-21-14-27)24-19(28)18-22-9-11-26(18)13-15-6-4-3-5-7-15/h3-12,14H,2,13H2,1H3,(H,24,28). The van der Waals surface area contributed by atoms with Crippen LogP contribution in [0.15, 0.2) is 67.6 Å². The van der Waals surface area contributed by atoms with Crippen LogP contribution in [-0.4, -0.2) is 35.0 Å². The summed E-state index contributed by atoms with van der Waals surface area (Å²) < 4.78 is 3.54. The lowest BCUT2D eigenvalue weighted by atomic mass is 10.2. The van der Waals surface area contributed by atoms with Gasteiger partial charge in [-0.3, -0.25) is 9.36 Å². The molecule has 8 nitrogen and oxygen atoms in total. The minimum atomic E-state index is -0.297. The third-order valence-electron chi connectivity index (χ3n) is 4.29. The lowest BCUT2D eigenvalue weighted by Crippen LogP contribution is -2.20. The number of aromatic nitrogens is 6. The molecule has 1 amide bonds. The quantitative estimate of drug-likeness (QED) is 0.561. The Kier molecular flexibility index (Phi) is 4.92. The van der Waals surface area contributed by atoms with Crippen molar-refractivity contribution in [2.24, 2.45) is 0 Å². The first kappa shape index (κ1) is 17.6. The van der Waals surface area contributed by atoms with E-state index in [9.17, 15) is 4.79 Å². The summed E-state index contributed by atoms with van der Waals surface area (Å²) in [5, 5.41) is 2.89. The third-order valence-corrected chi connectivity index (χ3v) is 4.29. The number of imidazole rings is 2. The highest BCUT2D eigenvalue weighted by Gasteiger charge is 2.16. The Morgan fingerprint density at radius 2 is 1.96 bits per heavy atom. The first-order chi connectivity index (χ1) is 13.7. The van der Waals surface area contributed by atoms with Gasteiger partial charge in [-0.2, -0.15) is 0 Å². The lowest BCUT2D eigenvalue weighted by molar-refractivity contribution is 0.101. The van der Waals surface area contributed by atoms with Gasteiger partial charge >= 0.3 is 0 Å². The van der Waals surface area contributed by atoms with Crippen molar-refractivity contribution in [1.29, 1.82) is 0 Å². The Morgan fingerprint density at radius 1 is 1.11 bits per heavy atom. The van der Waals surface area contributed by atoms with Crippen molar-refractivity contribution in [1.82, 2.24) is 29.1 Å². The van der Waals surface area contributed by atoms with E-state index >= 15 is 0 Å². The molecule has 0 fully saturated rings. The predicted octanol–water partition coefficient (Wildman–Crippen LogP) is 2.72. The number of nitrogens with zero attached hydrogens (tertiary/aromatic N) is 6. The van der Waals surface area contributed by atoms with Crippen LogP contribution >= 0.6 is 0 Å². The Balaban J connectivity index is 1.55. The highest BCUT2D eigenvalue weighted by Crippen LogP contribution is 2.16. The smallest absolute Gasteiger partial charge is 0.291 e. The third kappa shape index (κ3) is 3.66. The van der Waals surface area contributed by atoms with Crippen LogP contribution in [0.3, 0.4) is 0 Å². The fourth-order valence-electron chi connectivity index (χ4n) is 2.89. The maximum absolute atomic E-state index is 12.8. The molecule has 0 atom stereocenters. The van der Waals surface area contributed by atoms with Gasteiger partial charge in [0.2, 0.25) is 5.95 Å². The summed E-state index contributed by atoms with van der Waals surface area (Å²) >= 11 is 0. The summed E-state index contributed by atoms with van der Waals surface area (Å²) in [5.41, 5.74) is 2.41. The highest BCUT2D eigenvalue weighted by molar-refractivity contribution is 6.02. The van der Waals surface area contributed by atoms with Crippen molar-refractivity contribution >= 4 is 11.6 Å². The average Bonchev–Trinajstić information content (AvgIpc) is 3.41. The van der Waals surface area contributed by atoms with Crippen LogP contribution in [0.2, 0.25) is 0 Å². The zero-order chi connectivity index (χ0) is 19.3. The average molecular weight is 373 g/mol. The molecule has 0 spiro atoms. The molecule has 3 heterocycles. The summed E-state index contributed by atoms with van der Waals surface area (Å²) in [5.74, 6) is 0.553. The zero-order valence-electron chi connectivity index (χ0n) is 15.4. The van der Waals surface area contributed by atoms with E-state index < -0.39 is 0 Å². The summed E-state index contributed by atoms with van der Waals surface area (Å²) in [6, 6.07) is 9.93. The minimum absolute atomic E-state index is 0.297. The molecule has 1 aromatic carbocycles. The summed E-state index contributed by atoms with van der Waals surface area (Å²) in [4.78, 5) is 29.9. The van der Waals surface area contributed by atoms with Crippen LogP contribution in [0.25, 0.3) is 5.95 Å². The van der Waals surface area contributed by atoms with Gasteiger partial charge in [-0.1, -0.05) is 37.3 Å². The van der Waals surface area contributed by atoms with Crippen LogP contribution in [-0.2, 0) is 13.0 Å². The number of aryl methyl sites for hydroxylation is 1. The maximum Gasteiger partial charge on any atom is 0.291 e.